The van der Waals surface area contributed by atoms with E-state index in [9.17, 15) is 4.79 Å². The summed E-state index contributed by atoms with van der Waals surface area (Å²) in [5.41, 5.74) is 2.53. The van der Waals surface area contributed by atoms with Crippen molar-refractivity contribution in [3.63, 3.8) is 0 Å². The molecule has 0 aromatic heterocycles. The van der Waals surface area contributed by atoms with Crippen LogP contribution in [0.1, 0.15) is 24.8 Å². The van der Waals surface area contributed by atoms with Crippen LogP contribution < -0.4 is 15.9 Å². The summed E-state index contributed by atoms with van der Waals surface area (Å²) in [5.74, 6) is 0. The average Bonchev–Trinajstić information content (AvgIpc) is 2.71. The van der Waals surface area contributed by atoms with Gasteiger partial charge in [0.2, 0.25) is 0 Å². The molecule has 3 aromatic carbocycles. The fourth-order valence-corrected chi connectivity index (χ4v) is 5.72. The molecule has 0 N–H and O–H groups in total. The Hall–Kier alpha value is -2.50. The van der Waals surface area contributed by atoms with Crippen molar-refractivity contribution < 1.29 is 4.79 Å². The Morgan fingerprint density at radius 2 is 1.37 bits per heavy atom. The molecule has 0 spiro atoms. The highest BCUT2D eigenvalue weighted by atomic mass is 31.1. The number of benzene rings is 3. The van der Waals surface area contributed by atoms with Crippen molar-refractivity contribution in [3.8, 4) is 0 Å². The second-order valence-corrected chi connectivity index (χ2v) is 8.81. The van der Waals surface area contributed by atoms with Gasteiger partial charge in [-0.25, -0.2) is 0 Å². The van der Waals surface area contributed by atoms with Crippen molar-refractivity contribution in [1.29, 1.82) is 0 Å². The highest BCUT2D eigenvalue weighted by Crippen LogP contribution is 2.34. The Morgan fingerprint density at radius 3 is 1.96 bits per heavy atom. The number of rotatable bonds is 9. The first-order valence-corrected chi connectivity index (χ1v) is 10.7. The summed E-state index contributed by atoms with van der Waals surface area (Å²) in [6, 6.07) is 30.3. The fourth-order valence-electron chi connectivity index (χ4n) is 3.25. The van der Waals surface area contributed by atoms with Crippen LogP contribution in [0.25, 0.3) is 0 Å². The van der Waals surface area contributed by atoms with Gasteiger partial charge in [-0.2, -0.15) is 0 Å². The number of hydrogen-bond acceptors (Lipinski definition) is 1. The van der Waals surface area contributed by atoms with Gasteiger partial charge in [-0.1, -0.05) is 97.1 Å². The molecule has 0 atom stereocenters. The van der Waals surface area contributed by atoms with Crippen LogP contribution in [0.4, 0.5) is 0 Å². The van der Waals surface area contributed by atoms with E-state index in [0.29, 0.717) is 6.42 Å². The van der Waals surface area contributed by atoms with Gasteiger partial charge >= 0.3 is 0 Å². The molecule has 2 heteroatoms. The van der Waals surface area contributed by atoms with E-state index in [1.165, 1.54) is 27.1 Å². The third kappa shape index (κ3) is 5.25. The lowest BCUT2D eigenvalue weighted by molar-refractivity contribution is -0.107. The van der Waals surface area contributed by atoms with Crippen molar-refractivity contribution in [3.05, 3.63) is 103 Å². The Labute approximate surface area is 163 Å². The molecule has 27 heavy (non-hydrogen) atoms. The number of hydrogen-bond donors (Lipinski definition) is 0. The van der Waals surface area contributed by atoms with E-state index in [4.69, 9.17) is 0 Å². The van der Waals surface area contributed by atoms with E-state index in [1.807, 2.05) is 0 Å². The molecule has 0 aliphatic carbocycles. The monoisotopic (exact) mass is 372 g/mol. The fraction of sp³-hybridized carbons (Fsp3) is 0.160. The molecule has 0 aliphatic rings. The maximum absolute atomic E-state index is 10.6. The average molecular weight is 372 g/mol. The zero-order valence-electron chi connectivity index (χ0n) is 15.6. The van der Waals surface area contributed by atoms with Crippen molar-refractivity contribution in [1.82, 2.24) is 0 Å². The Morgan fingerprint density at radius 1 is 0.815 bits per heavy atom. The summed E-state index contributed by atoms with van der Waals surface area (Å²) >= 11 is 0. The Bertz CT molecular complexity index is 832. The minimum absolute atomic E-state index is 0.611. The lowest BCUT2D eigenvalue weighted by Crippen LogP contribution is -2.23. The van der Waals surface area contributed by atoms with Gasteiger partial charge < -0.3 is 4.79 Å². The largest absolute Gasteiger partial charge is 0.303 e. The number of unbranched alkanes of at least 4 members (excludes halogenated alkanes) is 1. The quantitative estimate of drug-likeness (QED) is 0.226. The van der Waals surface area contributed by atoms with Crippen molar-refractivity contribution in [2.75, 3.05) is 0 Å². The highest BCUT2D eigenvalue weighted by Gasteiger charge is 2.19. The number of carbonyl (C=O) groups excluding carboxylic acids is 1. The SMILES string of the molecule is C=C(CCCC=O)Cc1ccccc1P(c1ccccc1)c1ccccc1. The van der Waals surface area contributed by atoms with E-state index >= 15 is 0 Å². The van der Waals surface area contributed by atoms with Gasteiger partial charge in [0.25, 0.3) is 0 Å². The second kappa shape index (κ2) is 10.00. The molecule has 0 heterocycles. The summed E-state index contributed by atoms with van der Waals surface area (Å²) < 4.78 is 0. The van der Waals surface area contributed by atoms with Gasteiger partial charge in [-0.05, 0) is 48.7 Å². The second-order valence-electron chi connectivity index (χ2n) is 6.62. The van der Waals surface area contributed by atoms with E-state index in [1.54, 1.807) is 0 Å². The van der Waals surface area contributed by atoms with Gasteiger partial charge in [0.05, 0.1) is 0 Å². The lowest BCUT2D eigenvalue weighted by atomic mass is 10.0. The van der Waals surface area contributed by atoms with Gasteiger partial charge in [-0.3, -0.25) is 0 Å². The van der Waals surface area contributed by atoms with Gasteiger partial charge in [0.15, 0.2) is 0 Å². The molecule has 0 saturated heterocycles. The molecule has 0 radical (unpaired) electrons. The summed E-state index contributed by atoms with van der Waals surface area (Å²) in [7, 11) is -0.611. The molecular formula is C25H25OP. The summed E-state index contributed by atoms with van der Waals surface area (Å²) in [4.78, 5) is 10.6. The van der Waals surface area contributed by atoms with Crippen molar-refractivity contribution >= 4 is 30.1 Å². The van der Waals surface area contributed by atoms with Crippen LogP contribution in [0.3, 0.4) is 0 Å². The number of allylic oxidation sites excluding steroid dienone is 1. The summed E-state index contributed by atoms with van der Waals surface area (Å²) in [6.07, 6.45) is 4.26. The standard InChI is InChI=1S/C25H25OP/c1-21(12-10-11-19-26)20-22-13-8-9-18-25(22)27(23-14-4-2-5-15-23)24-16-6-3-7-17-24/h2-9,13-19H,1,10-12,20H2. The zero-order valence-corrected chi connectivity index (χ0v) is 16.4. The maximum Gasteiger partial charge on any atom is 0.120 e. The van der Waals surface area contributed by atoms with Crippen LogP contribution in [0.15, 0.2) is 97.1 Å². The molecule has 0 aliphatic heterocycles. The molecule has 0 unspecified atom stereocenters. The third-order valence-corrected chi connectivity index (χ3v) is 7.10. The topological polar surface area (TPSA) is 17.1 Å². The first-order valence-electron chi connectivity index (χ1n) is 9.38. The van der Waals surface area contributed by atoms with Crippen LogP contribution in [0.5, 0.6) is 0 Å². The Kier molecular flexibility index (Phi) is 7.13. The first kappa shape index (κ1) is 19.3. The molecule has 1 nitrogen and oxygen atoms in total. The molecule has 3 aromatic rings. The predicted octanol–water partition coefficient (Wildman–Crippen LogP) is 4.91. The summed E-state index contributed by atoms with van der Waals surface area (Å²) in [5, 5.41) is 4.11. The first-order chi connectivity index (χ1) is 13.3. The van der Waals surface area contributed by atoms with Gasteiger partial charge in [0, 0.05) is 6.42 Å². The zero-order chi connectivity index (χ0) is 18.9. The van der Waals surface area contributed by atoms with Crippen LogP contribution >= 0.6 is 7.92 Å². The predicted molar refractivity (Wildman–Crippen MR) is 118 cm³/mol. The number of carbonyl (C=O) groups is 1. The number of aldehydes is 1. The Balaban J connectivity index is 1.96. The minimum atomic E-state index is -0.611. The highest BCUT2D eigenvalue weighted by molar-refractivity contribution is 7.79. The van der Waals surface area contributed by atoms with E-state index in [0.717, 1.165) is 25.5 Å². The maximum atomic E-state index is 10.6. The van der Waals surface area contributed by atoms with E-state index in [-0.39, 0.29) is 0 Å². The molecule has 0 bridgehead atoms. The molecule has 0 amide bonds. The van der Waals surface area contributed by atoms with Gasteiger partial charge in [0.1, 0.15) is 6.29 Å². The smallest absolute Gasteiger partial charge is 0.120 e. The third-order valence-electron chi connectivity index (χ3n) is 4.55. The van der Waals surface area contributed by atoms with Crippen LogP contribution in [-0.2, 0) is 11.2 Å². The van der Waals surface area contributed by atoms with Crippen LogP contribution in [0.2, 0.25) is 0 Å². The molecule has 3 rings (SSSR count). The van der Waals surface area contributed by atoms with E-state index in [2.05, 4.69) is 91.5 Å². The lowest BCUT2D eigenvalue weighted by Gasteiger charge is -2.22. The molecule has 0 fully saturated rings. The molecule has 0 saturated carbocycles. The van der Waals surface area contributed by atoms with Crippen LogP contribution in [-0.4, -0.2) is 6.29 Å². The minimum Gasteiger partial charge on any atom is -0.303 e. The van der Waals surface area contributed by atoms with Crippen LogP contribution in [0, 0.1) is 0 Å². The summed E-state index contributed by atoms with van der Waals surface area (Å²) in [6.45, 7) is 4.26. The van der Waals surface area contributed by atoms with E-state index < -0.39 is 7.92 Å². The van der Waals surface area contributed by atoms with Gasteiger partial charge in [-0.15, -0.1) is 0 Å². The molecule has 136 valence electrons. The van der Waals surface area contributed by atoms with Crippen molar-refractivity contribution in [2.45, 2.75) is 25.7 Å². The normalized spacial score (nSPS) is 10.7. The molecular weight excluding hydrogens is 347 g/mol. The van der Waals surface area contributed by atoms with Crippen molar-refractivity contribution in [2.24, 2.45) is 0 Å².